The summed E-state index contributed by atoms with van der Waals surface area (Å²) < 4.78 is 38.9. The molecule has 0 unspecified atom stereocenters. The van der Waals surface area contributed by atoms with E-state index in [2.05, 4.69) is 0 Å². The maximum Gasteiger partial charge on any atom is 0.243 e. The molecule has 0 saturated carbocycles. The predicted octanol–water partition coefficient (Wildman–Crippen LogP) is 2.06. The number of rotatable bonds is 5. The van der Waals surface area contributed by atoms with Gasteiger partial charge in [0.1, 0.15) is 5.82 Å². The topological polar surface area (TPSA) is 61.2 Å². The zero-order valence-electron chi connectivity index (χ0n) is 10.4. The lowest BCUT2D eigenvalue weighted by atomic mass is 10.2. The van der Waals surface area contributed by atoms with Crippen LogP contribution in [0.15, 0.2) is 23.1 Å². The molecule has 0 aromatic heterocycles. The van der Waals surface area contributed by atoms with E-state index in [9.17, 15) is 12.8 Å². The lowest BCUT2D eigenvalue weighted by Crippen LogP contribution is -2.31. The van der Waals surface area contributed by atoms with Gasteiger partial charge >= 0.3 is 0 Å². The van der Waals surface area contributed by atoms with Gasteiger partial charge in [0.25, 0.3) is 0 Å². The molecule has 98 valence electrons. The Labute approximate surface area is 107 Å². The van der Waals surface area contributed by atoms with E-state index in [1.165, 1.54) is 16.4 Å². The van der Waals surface area contributed by atoms with Gasteiger partial charge in [-0.05, 0) is 24.6 Å². The molecule has 1 aromatic rings. The lowest BCUT2D eigenvalue weighted by molar-refractivity contribution is 0.434. The van der Waals surface area contributed by atoms with Crippen molar-refractivity contribution >= 4 is 10.0 Å². The number of sulfonamides is 1. The molecule has 0 aliphatic carbocycles. The van der Waals surface area contributed by atoms with Crippen LogP contribution in [0.2, 0.25) is 0 Å². The highest BCUT2D eigenvalue weighted by atomic mass is 32.2. The van der Waals surface area contributed by atoms with Crippen LogP contribution in [0.3, 0.4) is 0 Å². The van der Waals surface area contributed by atoms with Crippen LogP contribution >= 0.6 is 0 Å². The van der Waals surface area contributed by atoms with Crippen molar-refractivity contribution in [3.63, 3.8) is 0 Å². The van der Waals surface area contributed by atoms with E-state index in [1.807, 2.05) is 6.07 Å². The van der Waals surface area contributed by atoms with Crippen LogP contribution in [-0.4, -0.2) is 25.8 Å². The molecular weight excluding hydrogens is 255 g/mol. The fraction of sp³-hybridized carbons (Fsp3) is 0.417. The molecule has 0 bridgehead atoms. The number of hydrogen-bond donors (Lipinski definition) is 0. The Hall–Kier alpha value is -1.45. The fourth-order valence-electron chi connectivity index (χ4n) is 1.51. The van der Waals surface area contributed by atoms with Gasteiger partial charge in [-0.2, -0.15) is 9.57 Å². The Morgan fingerprint density at radius 2 is 2.11 bits per heavy atom. The molecule has 0 aliphatic rings. The molecule has 18 heavy (non-hydrogen) atoms. The predicted molar refractivity (Wildman–Crippen MR) is 65.8 cm³/mol. The first-order valence-corrected chi connectivity index (χ1v) is 7.00. The second-order valence-electron chi connectivity index (χ2n) is 3.82. The van der Waals surface area contributed by atoms with Gasteiger partial charge in [-0.1, -0.05) is 13.0 Å². The normalized spacial score (nSPS) is 11.5. The molecule has 6 heteroatoms. The fourth-order valence-corrected chi connectivity index (χ4v) is 2.97. The molecule has 0 atom stereocenters. The van der Waals surface area contributed by atoms with E-state index >= 15 is 0 Å². The molecule has 0 aliphatic heterocycles. The van der Waals surface area contributed by atoms with Crippen LogP contribution in [0.5, 0.6) is 0 Å². The van der Waals surface area contributed by atoms with Crippen molar-refractivity contribution in [1.82, 2.24) is 4.31 Å². The Kier molecular flexibility index (Phi) is 4.82. The first-order chi connectivity index (χ1) is 8.43. The van der Waals surface area contributed by atoms with E-state index in [-0.39, 0.29) is 24.4 Å². The largest absolute Gasteiger partial charge is 0.243 e. The maximum atomic E-state index is 13.4. The van der Waals surface area contributed by atoms with E-state index in [0.717, 1.165) is 6.07 Å². The first-order valence-electron chi connectivity index (χ1n) is 5.56. The summed E-state index contributed by atoms with van der Waals surface area (Å²) >= 11 is 0. The molecule has 0 radical (unpaired) electrons. The summed E-state index contributed by atoms with van der Waals surface area (Å²) in [5.74, 6) is -0.549. The standard InChI is InChI=1S/C12H15FN2O2S/c1-3-15(8-4-7-14)18(16,17)11-6-5-10(2)12(13)9-11/h5-6,9H,3-4,8H2,1-2H3. The number of hydrogen-bond acceptors (Lipinski definition) is 3. The van der Waals surface area contributed by atoms with Gasteiger partial charge in [-0.15, -0.1) is 0 Å². The third-order valence-corrected chi connectivity index (χ3v) is 4.58. The molecule has 4 nitrogen and oxygen atoms in total. The number of benzene rings is 1. The zero-order chi connectivity index (χ0) is 13.8. The van der Waals surface area contributed by atoms with Crippen LogP contribution in [0.25, 0.3) is 0 Å². The van der Waals surface area contributed by atoms with Crippen molar-refractivity contribution in [1.29, 1.82) is 5.26 Å². The van der Waals surface area contributed by atoms with Crippen LogP contribution in [0, 0.1) is 24.1 Å². The Morgan fingerprint density at radius 1 is 1.44 bits per heavy atom. The molecule has 0 heterocycles. The summed E-state index contributed by atoms with van der Waals surface area (Å²) in [4.78, 5) is -0.0783. The van der Waals surface area contributed by atoms with Gasteiger partial charge in [-0.25, -0.2) is 12.8 Å². The average Bonchev–Trinajstić information content (AvgIpc) is 2.33. The molecule has 0 amide bonds. The lowest BCUT2D eigenvalue weighted by Gasteiger charge is -2.19. The quantitative estimate of drug-likeness (QED) is 0.822. The van der Waals surface area contributed by atoms with Crippen molar-refractivity contribution in [3.05, 3.63) is 29.6 Å². The van der Waals surface area contributed by atoms with Crippen molar-refractivity contribution in [2.24, 2.45) is 0 Å². The minimum atomic E-state index is -3.72. The zero-order valence-corrected chi connectivity index (χ0v) is 11.2. The molecule has 0 spiro atoms. The number of nitrogens with zero attached hydrogens (tertiary/aromatic N) is 2. The average molecular weight is 270 g/mol. The van der Waals surface area contributed by atoms with Gasteiger partial charge in [0.2, 0.25) is 10.0 Å². The SMILES string of the molecule is CCN(CCC#N)S(=O)(=O)c1ccc(C)c(F)c1. The summed E-state index contributed by atoms with van der Waals surface area (Å²) in [6, 6.07) is 5.72. The van der Waals surface area contributed by atoms with Crippen LogP contribution < -0.4 is 0 Å². The van der Waals surface area contributed by atoms with Crippen molar-refractivity contribution in [2.75, 3.05) is 13.1 Å². The van der Waals surface area contributed by atoms with Gasteiger partial charge in [0.05, 0.1) is 11.0 Å². The summed E-state index contributed by atoms with van der Waals surface area (Å²) in [6.07, 6.45) is 0.113. The smallest absolute Gasteiger partial charge is 0.207 e. The first kappa shape index (κ1) is 14.6. The second kappa shape index (κ2) is 5.94. The van der Waals surface area contributed by atoms with Crippen LogP contribution in [0.4, 0.5) is 4.39 Å². The van der Waals surface area contributed by atoms with Gasteiger partial charge < -0.3 is 0 Å². The molecule has 1 aromatic carbocycles. The highest BCUT2D eigenvalue weighted by Crippen LogP contribution is 2.18. The number of nitriles is 1. The van der Waals surface area contributed by atoms with Gasteiger partial charge in [-0.3, -0.25) is 0 Å². The van der Waals surface area contributed by atoms with E-state index in [0.29, 0.717) is 5.56 Å². The Morgan fingerprint density at radius 3 is 2.61 bits per heavy atom. The monoisotopic (exact) mass is 270 g/mol. The third kappa shape index (κ3) is 3.06. The van der Waals surface area contributed by atoms with E-state index in [1.54, 1.807) is 13.8 Å². The Bertz CT molecular complexity index is 564. The number of aryl methyl sites for hydroxylation is 1. The summed E-state index contributed by atoms with van der Waals surface area (Å²) in [7, 11) is -3.72. The van der Waals surface area contributed by atoms with Crippen molar-refractivity contribution in [2.45, 2.75) is 25.2 Å². The van der Waals surface area contributed by atoms with Crippen LogP contribution in [-0.2, 0) is 10.0 Å². The van der Waals surface area contributed by atoms with Crippen molar-refractivity contribution in [3.8, 4) is 6.07 Å². The minimum Gasteiger partial charge on any atom is -0.207 e. The van der Waals surface area contributed by atoms with Crippen molar-refractivity contribution < 1.29 is 12.8 Å². The maximum absolute atomic E-state index is 13.4. The number of halogens is 1. The molecule has 0 fully saturated rings. The Balaban J connectivity index is 3.11. The molecular formula is C12H15FN2O2S. The van der Waals surface area contributed by atoms with Gasteiger partial charge in [0.15, 0.2) is 0 Å². The molecule has 0 saturated heterocycles. The van der Waals surface area contributed by atoms with Gasteiger partial charge in [0, 0.05) is 19.5 Å². The summed E-state index contributed by atoms with van der Waals surface area (Å²) in [5.41, 5.74) is 0.397. The third-order valence-electron chi connectivity index (χ3n) is 2.61. The summed E-state index contributed by atoms with van der Waals surface area (Å²) in [5, 5.41) is 8.50. The molecule has 0 N–H and O–H groups in total. The molecule has 1 rings (SSSR count). The second-order valence-corrected chi connectivity index (χ2v) is 5.75. The van der Waals surface area contributed by atoms with E-state index in [4.69, 9.17) is 5.26 Å². The minimum absolute atomic E-state index is 0.0783. The van der Waals surface area contributed by atoms with Crippen LogP contribution in [0.1, 0.15) is 18.9 Å². The highest BCUT2D eigenvalue weighted by Gasteiger charge is 2.23. The van der Waals surface area contributed by atoms with E-state index < -0.39 is 15.8 Å². The summed E-state index contributed by atoms with van der Waals surface area (Å²) in [6.45, 7) is 3.61. The highest BCUT2D eigenvalue weighted by molar-refractivity contribution is 7.89.